The number of hydrogen-bond acceptors (Lipinski definition) is 5. The summed E-state index contributed by atoms with van der Waals surface area (Å²) in [4.78, 5) is 16.9. The van der Waals surface area contributed by atoms with Crippen LogP contribution in [0.1, 0.15) is 38.2 Å². The molecule has 1 saturated heterocycles. The van der Waals surface area contributed by atoms with Crippen LogP contribution in [0.2, 0.25) is 0 Å². The monoisotopic (exact) mass is 481 g/mol. The molecule has 1 fully saturated rings. The van der Waals surface area contributed by atoms with Gasteiger partial charge in [0.2, 0.25) is 10.0 Å². The number of sulfonamides is 1. The van der Waals surface area contributed by atoms with Crippen molar-refractivity contribution >= 4 is 27.0 Å². The van der Waals surface area contributed by atoms with E-state index in [0.717, 1.165) is 21.0 Å². The normalized spacial score (nSPS) is 18.5. The Bertz CT molecular complexity index is 1260. The molecule has 3 aromatic rings. The lowest BCUT2D eigenvalue weighted by molar-refractivity contribution is -0.155. The quantitative estimate of drug-likeness (QED) is 0.491. The van der Waals surface area contributed by atoms with E-state index in [1.54, 1.807) is 18.2 Å². The number of benzene rings is 2. The number of fused-ring (bicyclic) bond motifs is 1. The molecule has 0 aliphatic carbocycles. The van der Waals surface area contributed by atoms with E-state index in [0.29, 0.717) is 18.4 Å². The Balaban J connectivity index is 1.50. The zero-order valence-corrected chi connectivity index (χ0v) is 18.5. The maximum Gasteiger partial charge on any atom is 0.320 e. The van der Waals surface area contributed by atoms with Gasteiger partial charge in [0.15, 0.2) is 11.9 Å². The van der Waals surface area contributed by atoms with E-state index in [2.05, 4.69) is 4.98 Å². The van der Waals surface area contributed by atoms with Crippen LogP contribution in [0.15, 0.2) is 53.4 Å². The van der Waals surface area contributed by atoms with Gasteiger partial charge in [0.25, 0.3) is 0 Å². The number of para-hydroxylation sites is 2. The van der Waals surface area contributed by atoms with Crippen molar-refractivity contribution in [1.82, 2.24) is 13.9 Å². The van der Waals surface area contributed by atoms with Crippen molar-refractivity contribution in [2.75, 3.05) is 13.1 Å². The first-order chi connectivity index (χ1) is 15.7. The van der Waals surface area contributed by atoms with Gasteiger partial charge in [-0.3, -0.25) is 9.36 Å². The molecule has 2 atom stereocenters. The molecule has 33 heavy (non-hydrogen) atoms. The molecule has 1 aromatic heterocycles. The molecule has 0 unspecified atom stereocenters. The number of esters is 1. The Morgan fingerprint density at radius 1 is 1.15 bits per heavy atom. The Labute approximate surface area is 188 Å². The Morgan fingerprint density at radius 3 is 2.55 bits per heavy atom. The standard InChI is InChI=1S/C22H22F3N3O4S/c1-14(20-26-18-6-2-3-7-19(18)28(20)22(24)25)32-21(29)15-5-4-12-27(13-15)33(30,31)17-10-8-16(23)9-11-17/h2-3,6-11,14-15,22H,4-5,12-13H2,1H3/t14-,15-/m1/s1. The minimum Gasteiger partial charge on any atom is -0.454 e. The predicted molar refractivity (Wildman–Crippen MR) is 113 cm³/mol. The lowest BCUT2D eigenvalue weighted by atomic mass is 10.00. The number of carbonyl (C=O) groups is 1. The van der Waals surface area contributed by atoms with E-state index in [1.807, 2.05) is 0 Å². The van der Waals surface area contributed by atoms with Crippen molar-refractivity contribution in [3.05, 3.63) is 60.2 Å². The molecule has 1 aliphatic heterocycles. The van der Waals surface area contributed by atoms with Crippen molar-refractivity contribution < 1.29 is 31.1 Å². The maximum atomic E-state index is 13.7. The fraction of sp³-hybridized carbons (Fsp3) is 0.364. The predicted octanol–water partition coefficient (Wildman–Crippen LogP) is 4.28. The van der Waals surface area contributed by atoms with E-state index in [9.17, 15) is 26.4 Å². The van der Waals surface area contributed by atoms with Gasteiger partial charge in [-0.25, -0.2) is 17.8 Å². The third-order valence-electron chi connectivity index (χ3n) is 5.64. The number of ether oxygens (including phenoxy) is 1. The molecule has 0 N–H and O–H groups in total. The molecule has 0 amide bonds. The van der Waals surface area contributed by atoms with Gasteiger partial charge in [0.1, 0.15) is 5.82 Å². The van der Waals surface area contributed by atoms with Crippen LogP contribution in [-0.2, 0) is 19.6 Å². The molecule has 176 valence electrons. The average Bonchev–Trinajstić information content (AvgIpc) is 3.19. The topological polar surface area (TPSA) is 81.5 Å². The second-order valence-corrected chi connectivity index (χ2v) is 9.78. The van der Waals surface area contributed by atoms with Gasteiger partial charge in [-0.05, 0) is 56.2 Å². The Kier molecular flexibility index (Phi) is 6.44. The van der Waals surface area contributed by atoms with Crippen LogP contribution in [-0.4, -0.2) is 41.3 Å². The van der Waals surface area contributed by atoms with Gasteiger partial charge in [-0.15, -0.1) is 0 Å². The first-order valence-electron chi connectivity index (χ1n) is 10.4. The maximum absolute atomic E-state index is 13.7. The van der Waals surface area contributed by atoms with Crippen molar-refractivity contribution in [2.24, 2.45) is 5.92 Å². The number of rotatable bonds is 6. The number of piperidine rings is 1. The molecule has 0 bridgehead atoms. The molecular weight excluding hydrogens is 459 g/mol. The Hall–Kier alpha value is -2.92. The number of hydrogen-bond donors (Lipinski definition) is 0. The number of imidazole rings is 1. The summed E-state index contributed by atoms with van der Waals surface area (Å²) in [7, 11) is -3.92. The van der Waals surface area contributed by atoms with Gasteiger partial charge in [0, 0.05) is 13.1 Å². The van der Waals surface area contributed by atoms with Crippen LogP contribution in [0.25, 0.3) is 11.0 Å². The number of aromatic nitrogens is 2. The molecule has 0 radical (unpaired) electrons. The lowest BCUT2D eigenvalue weighted by Crippen LogP contribution is -2.42. The van der Waals surface area contributed by atoms with Crippen LogP contribution in [0.3, 0.4) is 0 Å². The largest absolute Gasteiger partial charge is 0.454 e. The zero-order chi connectivity index (χ0) is 23.8. The zero-order valence-electron chi connectivity index (χ0n) is 17.7. The molecule has 0 spiro atoms. The molecule has 11 heteroatoms. The summed E-state index contributed by atoms with van der Waals surface area (Å²) in [6, 6.07) is 10.8. The number of halogens is 3. The number of alkyl halides is 2. The molecule has 1 aliphatic rings. The van der Waals surface area contributed by atoms with E-state index in [-0.39, 0.29) is 29.3 Å². The molecule has 2 heterocycles. The summed E-state index contributed by atoms with van der Waals surface area (Å²) in [6.45, 7) is -1.33. The first-order valence-corrected chi connectivity index (χ1v) is 11.8. The minimum absolute atomic E-state index is 0.0723. The molecule has 4 rings (SSSR count). The molecular formula is C22H22F3N3O4S. The second kappa shape index (κ2) is 9.14. The molecule has 0 saturated carbocycles. The van der Waals surface area contributed by atoms with E-state index < -0.39 is 40.4 Å². The third-order valence-corrected chi connectivity index (χ3v) is 7.52. The highest BCUT2D eigenvalue weighted by Crippen LogP contribution is 2.30. The van der Waals surface area contributed by atoms with Gasteiger partial charge in [0.05, 0.1) is 21.8 Å². The summed E-state index contributed by atoms with van der Waals surface area (Å²) in [5.41, 5.74) is 0.574. The van der Waals surface area contributed by atoms with Gasteiger partial charge in [-0.2, -0.15) is 13.1 Å². The van der Waals surface area contributed by atoms with Gasteiger partial charge in [-0.1, -0.05) is 12.1 Å². The fourth-order valence-corrected chi connectivity index (χ4v) is 5.51. The summed E-state index contributed by atoms with van der Waals surface area (Å²) < 4.78 is 73.7. The summed E-state index contributed by atoms with van der Waals surface area (Å²) in [5, 5.41) is 0. The van der Waals surface area contributed by atoms with E-state index >= 15 is 0 Å². The van der Waals surface area contributed by atoms with Crippen LogP contribution in [0.5, 0.6) is 0 Å². The van der Waals surface area contributed by atoms with Crippen molar-refractivity contribution in [2.45, 2.75) is 37.3 Å². The van der Waals surface area contributed by atoms with Crippen molar-refractivity contribution in [3.8, 4) is 0 Å². The van der Waals surface area contributed by atoms with Crippen LogP contribution >= 0.6 is 0 Å². The smallest absolute Gasteiger partial charge is 0.320 e. The number of nitrogens with zero attached hydrogens (tertiary/aromatic N) is 3. The van der Waals surface area contributed by atoms with Gasteiger partial charge < -0.3 is 4.74 Å². The minimum atomic E-state index is -3.92. The second-order valence-electron chi connectivity index (χ2n) is 7.84. The number of carbonyl (C=O) groups excluding carboxylic acids is 1. The SMILES string of the molecule is C[C@@H](OC(=O)[C@@H]1CCCN(S(=O)(=O)c2ccc(F)cc2)C1)c1nc2ccccc2n1C(F)F. The fourth-order valence-electron chi connectivity index (χ4n) is 3.99. The van der Waals surface area contributed by atoms with Gasteiger partial charge >= 0.3 is 12.5 Å². The highest BCUT2D eigenvalue weighted by atomic mass is 32.2. The highest BCUT2D eigenvalue weighted by molar-refractivity contribution is 7.89. The van der Waals surface area contributed by atoms with Crippen LogP contribution in [0, 0.1) is 11.7 Å². The Morgan fingerprint density at radius 2 is 1.85 bits per heavy atom. The summed E-state index contributed by atoms with van der Waals surface area (Å²) >= 11 is 0. The summed E-state index contributed by atoms with van der Waals surface area (Å²) in [6.07, 6.45) is -0.251. The van der Waals surface area contributed by atoms with Crippen LogP contribution < -0.4 is 0 Å². The first kappa shape index (κ1) is 23.2. The average molecular weight is 481 g/mol. The van der Waals surface area contributed by atoms with Crippen LogP contribution in [0.4, 0.5) is 13.2 Å². The molecule has 7 nitrogen and oxygen atoms in total. The van der Waals surface area contributed by atoms with Crippen molar-refractivity contribution in [1.29, 1.82) is 0 Å². The lowest BCUT2D eigenvalue weighted by Gasteiger charge is -2.31. The summed E-state index contributed by atoms with van der Waals surface area (Å²) in [5.74, 6) is -2.10. The van der Waals surface area contributed by atoms with E-state index in [4.69, 9.17) is 4.74 Å². The highest BCUT2D eigenvalue weighted by Gasteiger charge is 2.35. The third kappa shape index (κ3) is 4.60. The molecule has 2 aromatic carbocycles. The van der Waals surface area contributed by atoms with E-state index in [1.165, 1.54) is 25.1 Å². The van der Waals surface area contributed by atoms with Crippen molar-refractivity contribution in [3.63, 3.8) is 0 Å².